The highest BCUT2D eigenvalue weighted by Crippen LogP contribution is 2.26. The van der Waals surface area contributed by atoms with Crippen molar-refractivity contribution in [3.05, 3.63) is 62.6 Å². The van der Waals surface area contributed by atoms with Gasteiger partial charge in [-0.15, -0.1) is 0 Å². The third-order valence-corrected chi connectivity index (χ3v) is 5.33. The summed E-state index contributed by atoms with van der Waals surface area (Å²) in [5.74, 6) is -1.50. The lowest BCUT2D eigenvalue weighted by Gasteiger charge is -2.14. The van der Waals surface area contributed by atoms with Gasteiger partial charge in [0.25, 0.3) is 17.7 Å². The van der Waals surface area contributed by atoms with Crippen molar-refractivity contribution >= 4 is 56.8 Å². The molecule has 1 heterocycles. The Morgan fingerprint density at radius 1 is 1.07 bits per heavy atom. The molecule has 0 radical (unpaired) electrons. The fraction of sp³-hybridized carbons (Fsp3) is 0.238. The molecule has 0 saturated carbocycles. The van der Waals surface area contributed by atoms with Crippen LogP contribution in [0.25, 0.3) is 0 Å². The lowest BCUT2D eigenvalue weighted by Crippen LogP contribution is -2.32. The van der Waals surface area contributed by atoms with E-state index in [1.807, 2.05) is 6.92 Å². The van der Waals surface area contributed by atoms with Crippen molar-refractivity contribution < 1.29 is 19.2 Å². The molecule has 2 aromatic rings. The van der Waals surface area contributed by atoms with E-state index in [-0.39, 0.29) is 29.8 Å². The van der Waals surface area contributed by atoms with E-state index in [4.69, 9.17) is 11.6 Å². The number of nitrogens with one attached hydrogen (secondary N) is 2. The smallest absolute Gasteiger partial charge is 0.261 e. The Morgan fingerprint density at radius 2 is 1.80 bits per heavy atom. The third kappa shape index (κ3) is 4.71. The number of hydrogen-bond donors (Lipinski definition) is 2. The summed E-state index contributed by atoms with van der Waals surface area (Å²) in [6, 6.07) is 9.46. The molecule has 156 valence electrons. The average Bonchev–Trinajstić information content (AvgIpc) is 2.94. The molecule has 3 rings (SSSR count). The maximum absolute atomic E-state index is 12.4. The van der Waals surface area contributed by atoms with Crippen LogP contribution in [0.2, 0.25) is 5.02 Å². The number of nitrogens with zero attached hydrogens (tertiary/aromatic N) is 1. The first kappa shape index (κ1) is 22.0. The van der Waals surface area contributed by atoms with Crippen molar-refractivity contribution in [1.29, 1.82) is 0 Å². The first-order chi connectivity index (χ1) is 14.3. The van der Waals surface area contributed by atoms with Crippen molar-refractivity contribution in [2.45, 2.75) is 19.8 Å². The molecule has 7 nitrogen and oxygen atoms in total. The van der Waals surface area contributed by atoms with E-state index in [0.29, 0.717) is 33.4 Å². The van der Waals surface area contributed by atoms with E-state index in [2.05, 4.69) is 26.6 Å². The second-order valence-electron chi connectivity index (χ2n) is 6.70. The van der Waals surface area contributed by atoms with Crippen molar-refractivity contribution in [1.82, 2.24) is 10.2 Å². The Hall–Kier alpha value is -2.71. The molecule has 1 aliphatic rings. The van der Waals surface area contributed by atoms with Crippen molar-refractivity contribution in [2.75, 3.05) is 18.4 Å². The van der Waals surface area contributed by atoms with Gasteiger partial charge in [-0.25, -0.2) is 0 Å². The first-order valence-corrected chi connectivity index (χ1v) is 10.5. The Morgan fingerprint density at radius 3 is 2.50 bits per heavy atom. The molecular weight excluding hydrogens is 474 g/mol. The van der Waals surface area contributed by atoms with Crippen LogP contribution in [-0.2, 0) is 4.79 Å². The van der Waals surface area contributed by atoms with Crippen LogP contribution < -0.4 is 10.6 Å². The molecule has 2 aromatic carbocycles. The van der Waals surface area contributed by atoms with Crippen LogP contribution >= 0.6 is 27.5 Å². The minimum absolute atomic E-state index is 0.0406. The average molecular weight is 493 g/mol. The molecule has 2 N–H and O–H groups in total. The quantitative estimate of drug-likeness (QED) is 0.574. The monoisotopic (exact) mass is 491 g/mol. The standard InChI is InChI=1S/C21H19BrClN3O4/c1-2-8-24-19(28)15-6-4-13(11-17(15)23)25-18(27)7-9-26-20(29)14-5-3-12(22)10-16(14)21(26)30/h3-6,10-11H,2,7-9H2,1H3,(H,24,28)(H,25,27). The summed E-state index contributed by atoms with van der Waals surface area (Å²) in [6.45, 7) is 2.45. The number of fused-ring (bicyclic) bond motifs is 1. The van der Waals surface area contributed by atoms with Gasteiger partial charge in [0.15, 0.2) is 0 Å². The number of hydrogen-bond acceptors (Lipinski definition) is 4. The van der Waals surface area contributed by atoms with Crippen LogP contribution in [0.3, 0.4) is 0 Å². The van der Waals surface area contributed by atoms with Gasteiger partial charge in [0, 0.05) is 29.7 Å². The summed E-state index contributed by atoms with van der Waals surface area (Å²) in [5, 5.41) is 5.62. The van der Waals surface area contributed by atoms with Crippen molar-refractivity contribution in [3.8, 4) is 0 Å². The molecule has 0 atom stereocenters. The summed E-state index contributed by atoms with van der Waals surface area (Å²) >= 11 is 9.44. The number of amides is 4. The zero-order valence-corrected chi connectivity index (χ0v) is 18.5. The molecule has 4 amide bonds. The SMILES string of the molecule is CCCNC(=O)c1ccc(NC(=O)CCN2C(=O)c3ccc(Br)cc3C2=O)cc1Cl. The molecule has 0 saturated heterocycles. The molecule has 30 heavy (non-hydrogen) atoms. The van der Waals surface area contributed by atoms with Crippen LogP contribution in [-0.4, -0.2) is 41.6 Å². The predicted molar refractivity (Wildman–Crippen MR) is 117 cm³/mol. The van der Waals surface area contributed by atoms with Crippen LogP contribution in [0.4, 0.5) is 5.69 Å². The highest BCUT2D eigenvalue weighted by Gasteiger charge is 2.35. The molecule has 0 aromatic heterocycles. The Bertz CT molecular complexity index is 1040. The molecule has 0 fully saturated rings. The lowest BCUT2D eigenvalue weighted by atomic mass is 10.1. The van der Waals surface area contributed by atoms with E-state index in [1.165, 1.54) is 12.1 Å². The number of carbonyl (C=O) groups excluding carboxylic acids is 4. The Balaban J connectivity index is 1.59. The zero-order valence-electron chi connectivity index (χ0n) is 16.1. The summed E-state index contributed by atoms with van der Waals surface area (Å²) in [7, 11) is 0. The van der Waals surface area contributed by atoms with E-state index < -0.39 is 11.8 Å². The molecule has 0 unspecified atom stereocenters. The molecule has 0 bridgehead atoms. The molecular formula is C21H19BrClN3O4. The van der Waals surface area contributed by atoms with Gasteiger partial charge in [-0.1, -0.05) is 34.5 Å². The van der Waals surface area contributed by atoms with E-state index in [1.54, 1.807) is 24.3 Å². The maximum Gasteiger partial charge on any atom is 0.261 e. The highest BCUT2D eigenvalue weighted by molar-refractivity contribution is 9.10. The van der Waals surface area contributed by atoms with Gasteiger partial charge in [-0.05, 0) is 42.8 Å². The van der Waals surface area contributed by atoms with Gasteiger partial charge in [0.05, 0.1) is 21.7 Å². The van der Waals surface area contributed by atoms with Crippen molar-refractivity contribution in [2.24, 2.45) is 0 Å². The topological polar surface area (TPSA) is 95.6 Å². The normalized spacial score (nSPS) is 12.7. The van der Waals surface area contributed by atoms with Gasteiger partial charge < -0.3 is 10.6 Å². The van der Waals surface area contributed by atoms with Crippen LogP contribution in [0.1, 0.15) is 50.8 Å². The van der Waals surface area contributed by atoms with Crippen LogP contribution in [0.15, 0.2) is 40.9 Å². The highest BCUT2D eigenvalue weighted by atomic mass is 79.9. The fourth-order valence-electron chi connectivity index (χ4n) is 3.01. The van der Waals surface area contributed by atoms with Gasteiger partial charge in [0.2, 0.25) is 5.91 Å². The summed E-state index contributed by atoms with van der Waals surface area (Å²) in [4.78, 5) is 50.2. The number of halogens is 2. The second kappa shape index (κ2) is 9.40. The number of carbonyl (C=O) groups is 4. The van der Waals surface area contributed by atoms with Crippen molar-refractivity contribution in [3.63, 3.8) is 0 Å². The van der Waals surface area contributed by atoms with Crippen LogP contribution in [0.5, 0.6) is 0 Å². The maximum atomic E-state index is 12.4. The van der Waals surface area contributed by atoms with Gasteiger partial charge in [-0.2, -0.15) is 0 Å². The second-order valence-corrected chi connectivity index (χ2v) is 8.02. The van der Waals surface area contributed by atoms with Gasteiger partial charge >= 0.3 is 0 Å². The first-order valence-electron chi connectivity index (χ1n) is 9.35. The minimum Gasteiger partial charge on any atom is -0.352 e. The summed E-state index contributed by atoms with van der Waals surface area (Å²) in [6.07, 6.45) is 0.741. The van der Waals surface area contributed by atoms with Gasteiger partial charge in [0.1, 0.15) is 0 Å². The minimum atomic E-state index is -0.422. The summed E-state index contributed by atoms with van der Waals surface area (Å²) in [5.41, 5.74) is 1.38. The predicted octanol–water partition coefficient (Wildman–Crippen LogP) is 3.87. The lowest BCUT2D eigenvalue weighted by molar-refractivity contribution is -0.116. The molecule has 0 spiro atoms. The Labute approximate surface area is 186 Å². The molecule has 1 aliphatic heterocycles. The number of rotatable bonds is 7. The number of anilines is 1. The fourth-order valence-corrected chi connectivity index (χ4v) is 3.64. The molecule has 0 aliphatic carbocycles. The van der Waals surface area contributed by atoms with Crippen LogP contribution in [0, 0.1) is 0 Å². The number of benzene rings is 2. The number of imide groups is 1. The zero-order chi connectivity index (χ0) is 21.8. The molecule has 9 heteroatoms. The Kier molecular flexibility index (Phi) is 6.89. The van der Waals surface area contributed by atoms with E-state index >= 15 is 0 Å². The summed E-state index contributed by atoms with van der Waals surface area (Å²) < 4.78 is 0.700. The van der Waals surface area contributed by atoms with E-state index in [0.717, 1.165) is 11.3 Å². The van der Waals surface area contributed by atoms with Gasteiger partial charge in [-0.3, -0.25) is 24.1 Å². The van der Waals surface area contributed by atoms with E-state index in [9.17, 15) is 19.2 Å². The largest absolute Gasteiger partial charge is 0.352 e. The third-order valence-electron chi connectivity index (χ3n) is 4.53.